The van der Waals surface area contributed by atoms with Gasteiger partial charge in [-0.05, 0) is 12.1 Å². The van der Waals surface area contributed by atoms with Crippen molar-refractivity contribution < 1.29 is 27.5 Å². The van der Waals surface area contributed by atoms with Crippen LogP contribution < -0.4 is 4.74 Å². The van der Waals surface area contributed by atoms with Crippen LogP contribution in [0.1, 0.15) is 12.5 Å². The average molecular weight is 276 g/mol. The van der Waals surface area contributed by atoms with Crippen LogP contribution in [0.2, 0.25) is 0 Å². The normalized spacial score (nSPS) is 11.3. The van der Waals surface area contributed by atoms with Crippen LogP contribution in [-0.4, -0.2) is 20.2 Å². The van der Waals surface area contributed by atoms with Crippen LogP contribution in [-0.2, 0) is 24.6 Å². The molecule has 0 fully saturated rings. The van der Waals surface area contributed by atoms with Crippen molar-refractivity contribution in [2.45, 2.75) is 13.1 Å². The SMILES string of the molecule is COP(=O)(Cc1c(F)cccc1OC(C)=O)OC. The molecule has 1 aromatic rings. The summed E-state index contributed by atoms with van der Waals surface area (Å²) < 4.78 is 40.0. The Morgan fingerprint density at radius 2 is 1.94 bits per heavy atom. The Hall–Kier alpha value is -1.23. The van der Waals surface area contributed by atoms with Crippen molar-refractivity contribution in [2.75, 3.05) is 14.2 Å². The van der Waals surface area contributed by atoms with Crippen molar-refractivity contribution in [2.24, 2.45) is 0 Å². The summed E-state index contributed by atoms with van der Waals surface area (Å²) >= 11 is 0. The molecule has 0 amide bonds. The molecule has 7 heteroatoms. The number of rotatable bonds is 5. The third kappa shape index (κ3) is 3.63. The highest BCUT2D eigenvalue weighted by Crippen LogP contribution is 2.51. The average Bonchev–Trinajstić information content (AvgIpc) is 2.33. The molecular weight excluding hydrogens is 262 g/mol. The maximum absolute atomic E-state index is 13.7. The molecule has 0 unspecified atom stereocenters. The molecule has 0 saturated carbocycles. The van der Waals surface area contributed by atoms with Gasteiger partial charge in [0.15, 0.2) is 0 Å². The maximum Gasteiger partial charge on any atom is 0.334 e. The summed E-state index contributed by atoms with van der Waals surface area (Å²) in [5.41, 5.74) is -0.0141. The van der Waals surface area contributed by atoms with E-state index in [9.17, 15) is 13.8 Å². The molecule has 0 aliphatic rings. The Kier molecular flexibility index (Phi) is 5.02. The van der Waals surface area contributed by atoms with E-state index in [1.807, 2.05) is 0 Å². The first kappa shape index (κ1) is 14.8. The molecule has 0 aliphatic heterocycles. The Morgan fingerprint density at radius 1 is 1.33 bits per heavy atom. The van der Waals surface area contributed by atoms with Crippen LogP contribution >= 0.6 is 7.60 Å². The first-order valence-electron chi connectivity index (χ1n) is 5.08. The molecule has 0 heterocycles. The number of benzene rings is 1. The van der Waals surface area contributed by atoms with Gasteiger partial charge in [0.05, 0.1) is 6.16 Å². The summed E-state index contributed by atoms with van der Waals surface area (Å²) in [6.07, 6.45) is -0.310. The van der Waals surface area contributed by atoms with Gasteiger partial charge in [0.1, 0.15) is 11.6 Å². The summed E-state index contributed by atoms with van der Waals surface area (Å²) in [5, 5.41) is 0. The highest BCUT2D eigenvalue weighted by molar-refractivity contribution is 7.52. The molecule has 0 aliphatic carbocycles. The van der Waals surface area contributed by atoms with E-state index in [1.165, 1.54) is 39.3 Å². The van der Waals surface area contributed by atoms with Crippen LogP contribution in [0.5, 0.6) is 5.75 Å². The predicted octanol–water partition coefficient (Wildman–Crippen LogP) is 2.74. The van der Waals surface area contributed by atoms with E-state index >= 15 is 0 Å². The van der Waals surface area contributed by atoms with E-state index in [4.69, 9.17) is 13.8 Å². The number of ether oxygens (including phenoxy) is 1. The summed E-state index contributed by atoms with van der Waals surface area (Å²) in [5.74, 6) is -1.22. The van der Waals surface area contributed by atoms with Gasteiger partial charge in [-0.3, -0.25) is 9.36 Å². The number of hydrogen-bond donors (Lipinski definition) is 0. The number of hydrogen-bond acceptors (Lipinski definition) is 5. The van der Waals surface area contributed by atoms with Gasteiger partial charge in [-0.15, -0.1) is 0 Å². The molecule has 1 rings (SSSR count). The molecule has 0 atom stereocenters. The lowest BCUT2D eigenvalue weighted by Gasteiger charge is -2.16. The van der Waals surface area contributed by atoms with Crippen molar-refractivity contribution in [1.82, 2.24) is 0 Å². The van der Waals surface area contributed by atoms with Crippen molar-refractivity contribution in [3.05, 3.63) is 29.6 Å². The van der Waals surface area contributed by atoms with Gasteiger partial charge in [-0.1, -0.05) is 6.07 Å². The van der Waals surface area contributed by atoms with Crippen molar-refractivity contribution in [3.63, 3.8) is 0 Å². The van der Waals surface area contributed by atoms with Gasteiger partial charge >= 0.3 is 13.6 Å². The third-order valence-corrected chi connectivity index (χ3v) is 4.05. The fraction of sp³-hybridized carbons (Fsp3) is 0.364. The number of carbonyl (C=O) groups is 1. The Bertz CT molecular complexity index is 480. The molecule has 0 spiro atoms. The van der Waals surface area contributed by atoms with Crippen LogP contribution in [0.15, 0.2) is 18.2 Å². The summed E-state index contributed by atoms with van der Waals surface area (Å²) in [7, 11) is -1.02. The van der Waals surface area contributed by atoms with E-state index in [0.717, 1.165) is 0 Å². The molecule has 100 valence electrons. The summed E-state index contributed by atoms with van der Waals surface area (Å²) in [6.45, 7) is 1.20. The molecule has 5 nitrogen and oxygen atoms in total. The van der Waals surface area contributed by atoms with E-state index < -0.39 is 19.4 Å². The van der Waals surface area contributed by atoms with Crippen molar-refractivity contribution >= 4 is 13.6 Å². The van der Waals surface area contributed by atoms with Gasteiger partial charge in [0.25, 0.3) is 0 Å². The van der Waals surface area contributed by atoms with Crippen molar-refractivity contribution in [1.29, 1.82) is 0 Å². The first-order chi connectivity index (χ1) is 8.41. The van der Waals surface area contributed by atoms with Crippen LogP contribution in [0.3, 0.4) is 0 Å². The molecule has 0 saturated heterocycles. The number of carbonyl (C=O) groups excluding carboxylic acids is 1. The van der Waals surface area contributed by atoms with E-state index in [2.05, 4.69) is 0 Å². The number of halogens is 1. The molecule has 0 N–H and O–H groups in total. The van der Waals surface area contributed by atoms with E-state index in [0.29, 0.717) is 0 Å². The minimum absolute atomic E-state index is 0.0109. The highest BCUT2D eigenvalue weighted by atomic mass is 31.2. The topological polar surface area (TPSA) is 61.8 Å². The second kappa shape index (κ2) is 6.09. The number of esters is 1. The minimum Gasteiger partial charge on any atom is -0.426 e. The van der Waals surface area contributed by atoms with E-state index in [-0.39, 0.29) is 17.5 Å². The quantitative estimate of drug-likeness (QED) is 0.470. The van der Waals surface area contributed by atoms with Crippen LogP contribution in [0, 0.1) is 5.82 Å². The Balaban J connectivity index is 3.14. The first-order valence-corrected chi connectivity index (χ1v) is 6.81. The lowest BCUT2D eigenvalue weighted by atomic mass is 10.2. The standard InChI is InChI=1S/C11H14FO5P/c1-8(13)17-11-6-4-5-10(12)9(11)7-18(14,15-2)16-3/h4-6H,7H2,1-3H3. The fourth-order valence-corrected chi connectivity index (χ4v) is 2.44. The summed E-state index contributed by atoms with van der Waals surface area (Å²) in [4.78, 5) is 10.9. The summed E-state index contributed by atoms with van der Waals surface area (Å²) in [6, 6.07) is 3.98. The minimum atomic E-state index is -3.43. The second-order valence-electron chi connectivity index (χ2n) is 3.44. The monoisotopic (exact) mass is 276 g/mol. The van der Waals surface area contributed by atoms with Crippen LogP contribution in [0.25, 0.3) is 0 Å². The van der Waals surface area contributed by atoms with Gasteiger partial charge < -0.3 is 13.8 Å². The molecule has 1 aromatic carbocycles. The largest absolute Gasteiger partial charge is 0.426 e. The van der Waals surface area contributed by atoms with E-state index in [1.54, 1.807) is 0 Å². The molecular formula is C11H14FO5P. The fourth-order valence-electron chi connectivity index (χ4n) is 1.34. The zero-order valence-corrected chi connectivity index (χ0v) is 11.2. The van der Waals surface area contributed by atoms with Gasteiger partial charge in [-0.2, -0.15) is 0 Å². The zero-order chi connectivity index (χ0) is 13.8. The van der Waals surface area contributed by atoms with Crippen molar-refractivity contribution in [3.8, 4) is 5.75 Å². The Morgan fingerprint density at radius 3 is 2.44 bits per heavy atom. The van der Waals surface area contributed by atoms with Gasteiger partial charge in [-0.25, -0.2) is 4.39 Å². The smallest absolute Gasteiger partial charge is 0.334 e. The molecule has 0 aromatic heterocycles. The third-order valence-electron chi connectivity index (χ3n) is 2.24. The van der Waals surface area contributed by atoms with Gasteiger partial charge in [0, 0.05) is 26.7 Å². The molecule has 0 radical (unpaired) electrons. The highest BCUT2D eigenvalue weighted by Gasteiger charge is 2.26. The van der Waals surface area contributed by atoms with Gasteiger partial charge in [0.2, 0.25) is 0 Å². The maximum atomic E-state index is 13.7. The molecule has 18 heavy (non-hydrogen) atoms. The second-order valence-corrected chi connectivity index (χ2v) is 5.71. The zero-order valence-electron chi connectivity index (χ0n) is 10.3. The Labute approximate surface area is 104 Å². The van der Waals surface area contributed by atoms with Crippen LogP contribution in [0.4, 0.5) is 4.39 Å². The molecule has 0 bridgehead atoms. The lowest BCUT2D eigenvalue weighted by Crippen LogP contribution is -2.06. The predicted molar refractivity (Wildman–Crippen MR) is 63.0 cm³/mol. The lowest BCUT2D eigenvalue weighted by molar-refractivity contribution is -0.131.